The Kier molecular flexibility index (Phi) is 5.35. The highest BCUT2D eigenvalue weighted by Gasteiger charge is 2.71. The molecule has 3 aromatic rings. The highest BCUT2D eigenvalue weighted by Crippen LogP contribution is 2.61. The van der Waals surface area contributed by atoms with Gasteiger partial charge in [0.15, 0.2) is 23.1 Å². The number of ketones is 3. The number of carbonyl (C=O) groups excluding carboxylic acids is 4. The molecule has 1 unspecified atom stereocenters. The molecule has 38 heavy (non-hydrogen) atoms. The number of rotatable bonds is 4. The first-order chi connectivity index (χ1) is 18.3. The summed E-state index contributed by atoms with van der Waals surface area (Å²) < 4.78 is 11.1. The molecule has 2 heterocycles. The van der Waals surface area contributed by atoms with Gasteiger partial charge in [0.2, 0.25) is 0 Å². The molecule has 0 bridgehead atoms. The second-order valence-electron chi connectivity index (χ2n) is 9.88. The van der Waals surface area contributed by atoms with Gasteiger partial charge in [0, 0.05) is 29.5 Å². The molecule has 6 rings (SSSR count). The number of anilines is 1. The predicted octanol–water partition coefficient (Wildman–Crippen LogP) is 4.64. The fourth-order valence-electron chi connectivity index (χ4n) is 6.58. The van der Waals surface area contributed by atoms with Gasteiger partial charge < -0.3 is 14.4 Å². The Hall–Kier alpha value is -4.52. The number of ether oxygens (including phenoxy) is 2. The topological polar surface area (TPSA) is 90.0 Å². The summed E-state index contributed by atoms with van der Waals surface area (Å²) in [6.45, 7) is 2.78. The average molecular weight is 508 g/mol. The maximum absolute atomic E-state index is 14.5. The van der Waals surface area contributed by atoms with Gasteiger partial charge in [-0.3, -0.25) is 19.2 Å². The third kappa shape index (κ3) is 3.08. The highest BCUT2D eigenvalue weighted by atomic mass is 16.5. The summed E-state index contributed by atoms with van der Waals surface area (Å²) in [6, 6.07) is 17.6. The summed E-state index contributed by atoms with van der Waals surface area (Å²) in [4.78, 5) is 56.3. The zero-order valence-electron chi connectivity index (χ0n) is 21.1. The minimum atomic E-state index is -1.61. The van der Waals surface area contributed by atoms with E-state index < -0.39 is 29.4 Å². The minimum Gasteiger partial charge on any atom is -0.497 e. The van der Waals surface area contributed by atoms with Crippen LogP contribution in [0.5, 0.6) is 11.5 Å². The van der Waals surface area contributed by atoms with Gasteiger partial charge in [0.05, 0.1) is 24.9 Å². The summed E-state index contributed by atoms with van der Waals surface area (Å²) >= 11 is 0. The maximum Gasteiger partial charge on any atom is 0.308 e. The standard InChI is InChI=1S/C31H25NO6/c1-17(33)27-26(20-9-6-10-21(16-20)37-3)31(29(35)22-11-4-5-12-23(22)30(31)36)25-15-14-19-8-7-13-24(38-18(2)34)28(19)32(25)27/h4-16,25-27H,1-3H3/t25?,26-,27-/m0/s1. The Balaban J connectivity index is 1.68. The van der Waals surface area contributed by atoms with E-state index in [0.29, 0.717) is 28.1 Å². The Morgan fingerprint density at radius 2 is 1.58 bits per heavy atom. The van der Waals surface area contributed by atoms with Gasteiger partial charge in [-0.25, -0.2) is 0 Å². The van der Waals surface area contributed by atoms with Gasteiger partial charge in [0.1, 0.15) is 11.2 Å². The number of benzene rings is 3. The summed E-state index contributed by atoms with van der Waals surface area (Å²) in [5.74, 6) is -1.36. The lowest BCUT2D eigenvalue weighted by molar-refractivity contribution is -0.131. The molecular weight excluding hydrogens is 482 g/mol. The number of fused-ring (bicyclic) bond motifs is 5. The minimum absolute atomic E-state index is 0.213. The van der Waals surface area contributed by atoms with Crippen LogP contribution in [0.2, 0.25) is 0 Å². The molecule has 3 aliphatic rings. The number of carbonyl (C=O) groups is 4. The van der Waals surface area contributed by atoms with Crippen molar-refractivity contribution in [3.05, 3.63) is 95.1 Å². The van der Waals surface area contributed by atoms with Gasteiger partial charge in [0.25, 0.3) is 0 Å². The summed E-state index contributed by atoms with van der Waals surface area (Å²) in [5.41, 5.74) is 0.974. The number of esters is 1. The zero-order chi connectivity index (χ0) is 26.8. The highest BCUT2D eigenvalue weighted by molar-refractivity contribution is 6.32. The van der Waals surface area contributed by atoms with Crippen LogP contribution in [0.3, 0.4) is 0 Å². The molecule has 7 nitrogen and oxygen atoms in total. The summed E-state index contributed by atoms with van der Waals surface area (Å²) in [7, 11) is 1.54. The second-order valence-corrected chi connectivity index (χ2v) is 9.88. The number of Topliss-reactive ketones (excluding diaryl/α,β-unsaturated/α-hetero) is 3. The van der Waals surface area contributed by atoms with Gasteiger partial charge in [-0.05, 0) is 30.7 Å². The molecule has 1 spiro atoms. The molecule has 7 heteroatoms. The van der Waals surface area contributed by atoms with E-state index in [4.69, 9.17) is 9.47 Å². The van der Waals surface area contributed by atoms with Gasteiger partial charge >= 0.3 is 5.97 Å². The van der Waals surface area contributed by atoms with Crippen LogP contribution in [0, 0.1) is 5.41 Å². The Morgan fingerprint density at radius 3 is 2.21 bits per heavy atom. The predicted molar refractivity (Wildman–Crippen MR) is 141 cm³/mol. The molecule has 0 aromatic heterocycles. The number of nitrogens with zero attached hydrogens (tertiary/aromatic N) is 1. The van der Waals surface area contributed by atoms with E-state index >= 15 is 0 Å². The van der Waals surface area contributed by atoms with Crippen LogP contribution in [0.25, 0.3) is 6.08 Å². The third-order valence-corrected chi connectivity index (χ3v) is 7.91. The molecule has 0 saturated carbocycles. The smallest absolute Gasteiger partial charge is 0.308 e. The molecule has 1 saturated heterocycles. The molecule has 1 fully saturated rings. The van der Waals surface area contributed by atoms with E-state index in [1.807, 2.05) is 29.2 Å². The number of hydrogen-bond acceptors (Lipinski definition) is 7. The molecule has 1 aliphatic carbocycles. The first-order valence-corrected chi connectivity index (χ1v) is 12.4. The monoisotopic (exact) mass is 507 g/mol. The first-order valence-electron chi connectivity index (χ1n) is 12.4. The molecule has 3 atom stereocenters. The van der Waals surface area contributed by atoms with Crippen molar-refractivity contribution >= 4 is 35.1 Å². The largest absolute Gasteiger partial charge is 0.497 e. The van der Waals surface area contributed by atoms with E-state index in [9.17, 15) is 19.2 Å². The second kappa shape index (κ2) is 8.52. The van der Waals surface area contributed by atoms with Crippen LogP contribution in [0.4, 0.5) is 5.69 Å². The molecule has 0 radical (unpaired) electrons. The SMILES string of the molecule is COc1cccc([C@H]2[C@H](C(C)=O)N3c4c(cccc4OC(C)=O)C=CC3C23C(=O)c2ccccc2C3=O)c1. The zero-order valence-corrected chi connectivity index (χ0v) is 21.1. The van der Waals surface area contributed by atoms with Crippen molar-refractivity contribution in [3.8, 4) is 11.5 Å². The molecular formula is C31H25NO6. The molecule has 190 valence electrons. The van der Waals surface area contributed by atoms with Crippen molar-refractivity contribution in [2.75, 3.05) is 12.0 Å². The van der Waals surface area contributed by atoms with Crippen molar-refractivity contribution in [2.24, 2.45) is 5.41 Å². The van der Waals surface area contributed by atoms with Gasteiger partial charge in [-0.2, -0.15) is 0 Å². The van der Waals surface area contributed by atoms with Gasteiger partial charge in [-0.1, -0.05) is 60.7 Å². The molecule has 2 aliphatic heterocycles. The van der Waals surface area contributed by atoms with Crippen LogP contribution < -0.4 is 14.4 Å². The number of para-hydroxylation sites is 1. The third-order valence-electron chi connectivity index (χ3n) is 7.91. The Morgan fingerprint density at radius 1 is 0.895 bits per heavy atom. The van der Waals surface area contributed by atoms with Crippen molar-refractivity contribution in [2.45, 2.75) is 31.8 Å². The first kappa shape index (κ1) is 23.9. The van der Waals surface area contributed by atoms with E-state index in [1.165, 1.54) is 13.8 Å². The summed E-state index contributed by atoms with van der Waals surface area (Å²) in [6.07, 6.45) is 3.66. The Bertz CT molecular complexity index is 1540. The van der Waals surface area contributed by atoms with E-state index in [0.717, 1.165) is 5.56 Å². The molecule has 3 aromatic carbocycles. The van der Waals surface area contributed by atoms with Crippen LogP contribution in [0.15, 0.2) is 72.8 Å². The molecule has 0 N–H and O–H groups in total. The van der Waals surface area contributed by atoms with Crippen LogP contribution in [-0.4, -0.2) is 42.5 Å². The Labute approximate surface area is 219 Å². The number of methoxy groups -OCH3 is 1. The lowest BCUT2D eigenvalue weighted by Gasteiger charge is -2.37. The van der Waals surface area contributed by atoms with Gasteiger partial charge in [-0.15, -0.1) is 0 Å². The average Bonchev–Trinajstić information content (AvgIpc) is 3.35. The number of hydrogen-bond donors (Lipinski definition) is 0. The van der Waals surface area contributed by atoms with Crippen molar-refractivity contribution in [3.63, 3.8) is 0 Å². The van der Waals surface area contributed by atoms with Crippen molar-refractivity contribution in [1.29, 1.82) is 0 Å². The van der Waals surface area contributed by atoms with Crippen molar-refractivity contribution < 1.29 is 28.7 Å². The maximum atomic E-state index is 14.5. The lowest BCUT2D eigenvalue weighted by atomic mass is 9.64. The van der Waals surface area contributed by atoms with E-state index in [1.54, 1.807) is 61.7 Å². The normalized spacial score (nSPS) is 22.2. The van der Waals surface area contributed by atoms with E-state index in [-0.39, 0.29) is 23.1 Å². The van der Waals surface area contributed by atoms with E-state index in [2.05, 4.69) is 0 Å². The van der Waals surface area contributed by atoms with Crippen LogP contribution >= 0.6 is 0 Å². The quantitative estimate of drug-likeness (QED) is 0.289. The van der Waals surface area contributed by atoms with Crippen LogP contribution in [0.1, 0.15) is 51.6 Å². The molecule has 0 amide bonds. The van der Waals surface area contributed by atoms with Crippen molar-refractivity contribution in [1.82, 2.24) is 0 Å². The summed E-state index contributed by atoms with van der Waals surface area (Å²) in [5, 5.41) is 0. The lowest BCUT2D eigenvalue weighted by Crippen LogP contribution is -2.48. The fourth-order valence-corrected chi connectivity index (χ4v) is 6.58. The van der Waals surface area contributed by atoms with Crippen LogP contribution in [-0.2, 0) is 9.59 Å². The fraction of sp³-hybridized carbons (Fsp3) is 0.226.